The summed E-state index contributed by atoms with van der Waals surface area (Å²) in [6.45, 7) is 4.94. The second-order valence-corrected chi connectivity index (χ2v) is 8.06. The third kappa shape index (κ3) is 5.09. The number of piperidine rings is 1. The second kappa shape index (κ2) is 9.61. The zero-order valence-electron chi connectivity index (χ0n) is 17.5. The monoisotopic (exact) mass is 403 g/mol. The zero-order chi connectivity index (χ0) is 20.8. The molecular weight excluding hydrogens is 374 g/mol. The number of pyridine rings is 1. The molecule has 3 aromatic rings. The van der Waals surface area contributed by atoms with E-state index in [9.17, 15) is 4.79 Å². The van der Waals surface area contributed by atoms with Crippen LogP contribution >= 0.6 is 0 Å². The summed E-state index contributed by atoms with van der Waals surface area (Å²) in [5.74, 6) is 2.20. The average Bonchev–Trinajstić information content (AvgIpc) is 2.78. The summed E-state index contributed by atoms with van der Waals surface area (Å²) in [5, 5.41) is 3.94. The van der Waals surface area contributed by atoms with Crippen LogP contribution in [0.1, 0.15) is 25.3 Å². The van der Waals surface area contributed by atoms with Gasteiger partial charge in [0.1, 0.15) is 17.1 Å². The number of rotatable bonds is 7. The number of benzene rings is 2. The number of carbonyl (C=O) groups is 1. The van der Waals surface area contributed by atoms with E-state index in [4.69, 9.17) is 9.72 Å². The van der Waals surface area contributed by atoms with Gasteiger partial charge in [0.2, 0.25) is 0 Å². The number of para-hydroxylation sites is 1. The summed E-state index contributed by atoms with van der Waals surface area (Å²) in [7, 11) is 0. The number of hydrogen-bond acceptors (Lipinski definition) is 4. The van der Waals surface area contributed by atoms with Crippen LogP contribution in [0.3, 0.4) is 0 Å². The van der Waals surface area contributed by atoms with Crippen LogP contribution in [0.25, 0.3) is 10.9 Å². The molecule has 1 fully saturated rings. The molecule has 1 aromatic heterocycles. The van der Waals surface area contributed by atoms with Crippen molar-refractivity contribution in [1.29, 1.82) is 0 Å². The van der Waals surface area contributed by atoms with Crippen molar-refractivity contribution in [3.05, 3.63) is 66.2 Å². The van der Waals surface area contributed by atoms with Crippen LogP contribution in [0.2, 0.25) is 0 Å². The van der Waals surface area contributed by atoms with Gasteiger partial charge in [-0.1, -0.05) is 49.4 Å². The standard InChI is InChI=1S/C25H29N3O2/c1-19-7-6-16-28(17-19)23-13-12-21-10-5-11-22(25(21)27-23)30-18-24(29)26-15-14-20-8-3-2-4-9-20/h2-5,8-13,19H,6-7,14-18H2,1H3,(H,26,29). The second-order valence-electron chi connectivity index (χ2n) is 8.06. The maximum Gasteiger partial charge on any atom is 0.257 e. The fourth-order valence-electron chi connectivity index (χ4n) is 3.98. The van der Waals surface area contributed by atoms with E-state index >= 15 is 0 Å². The van der Waals surface area contributed by atoms with E-state index in [0.29, 0.717) is 18.2 Å². The molecule has 0 saturated carbocycles. The highest BCUT2D eigenvalue weighted by Gasteiger charge is 2.18. The van der Waals surface area contributed by atoms with Crippen molar-refractivity contribution < 1.29 is 9.53 Å². The van der Waals surface area contributed by atoms with Crippen molar-refractivity contribution in [1.82, 2.24) is 10.3 Å². The molecule has 1 unspecified atom stereocenters. The van der Waals surface area contributed by atoms with E-state index in [1.165, 1.54) is 18.4 Å². The van der Waals surface area contributed by atoms with Crippen LogP contribution in [0.4, 0.5) is 5.82 Å². The molecular formula is C25H29N3O2. The van der Waals surface area contributed by atoms with Gasteiger partial charge >= 0.3 is 0 Å². The van der Waals surface area contributed by atoms with Gasteiger partial charge in [-0.15, -0.1) is 0 Å². The lowest BCUT2D eigenvalue weighted by molar-refractivity contribution is -0.123. The first-order valence-electron chi connectivity index (χ1n) is 10.8. The average molecular weight is 404 g/mol. The summed E-state index contributed by atoms with van der Waals surface area (Å²) in [6.07, 6.45) is 3.28. The zero-order valence-corrected chi connectivity index (χ0v) is 17.5. The highest BCUT2D eigenvalue weighted by molar-refractivity contribution is 5.86. The predicted molar refractivity (Wildman–Crippen MR) is 121 cm³/mol. The number of anilines is 1. The Bertz CT molecular complexity index is 990. The molecule has 1 atom stereocenters. The van der Waals surface area contributed by atoms with Crippen molar-refractivity contribution in [2.45, 2.75) is 26.2 Å². The lowest BCUT2D eigenvalue weighted by Crippen LogP contribution is -2.34. The number of ether oxygens (including phenoxy) is 1. The molecule has 2 heterocycles. The molecule has 2 aromatic carbocycles. The normalized spacial score (nSPS) is 16.4. The van der Waals surface area contributed by atoms with Crippen LogP contribution in [0.15, 0.2) is 60.7 Å². The predicted octanol–water partition coefficient (Wildman–Crippen LogP) is 4.21. The molecule has 30 heavy (non-hydrogen) atoms. The number of carbonyl (C=O) groups excluding carboxylic acids is 1. The molecule has 0 aliphatic carbocycles. The van der Waals surface area contributed by atoms with Gasteiger partial charge in [0, 0.05) is 25.0 Å². The number of hydrogen-bond donors (Lipinski definition) is 1. The van der Waals surface area contributed by atoms with Crippen LogP contribution in [-0.2, 0) is 11.2 Å². The Balaban J connectivity index is 1.38. The molecule has 5 nitrogen and oxygen atoms in total. The smallest absolute Gasteiger partial charge is 0.257 e. The molecule has 1 saturated heterocycles. The molecule has 1 aliphatic rings. The van der Waals surface area contributed by atoms with E-state index in [1.54, 1.807) is 0 Å². The molecule has 1 amide bonds. The lowest BCUT2D eigenvalue weighted by atomic mass is 10.0. The molecule has 0 radical (unpaired) electrons. The Morgan fingerprint density at radius 3 is 2.83 bits per heavy atom. The fraction of sp³-hybridized carbons (Fsp3) is 0.360. The van der Waals surface area contributed by atoms with Crippen LogP contribution in [0, 0.1) is 5.92 Å². The molecule has 1 aliphatic heterocycles. The Morgan fingerprint density at radius 2 is 2.00 bits per heavy atom. The summed E-state index contributed by atoms with van der Waals surface area (Å²) in [6, 6.07) is 20.1. The maximum absolute atomic E-state index is 12.2. The molecule has 0 spiro atoms. The van der Waals surface area contributed by atoms with Crippen LogP contribution < -0.4 is 15.0 Å². The van der Waals surface area contributed by atoms with E-state index in [-0.39, 0.29) is 12.5 Å². The summed E-state index contributed by atoms with van der Waals surface area (Å²) >= 11 is 0. The minimum absolute atomic E-state index is 0.0133. The van der Waals surface area contributed by atoms with E-state index in [2.05, 4.69) is 41.4 Å². The SMILES string of the molecule is CC1CCCN(c2ccc3cccc(OCC(=O)NCCc4ccccc4)c3n2)C1. The van der Waals surface area contributed by atoms with Crippen molar-refractivity contribution >= 4 is 22.6 Å². The van der Waals surface area contributed by atoms with Crippen LogP contribution in [0.5, 0.6) is 5.75 Å². The van der Waals surface area contributed by atoms with E-state index < -0.39 is 0 Å². The third-order valence-electron chi connectivity index (χ3n) is 5.59. The Hall–Kier alpha value is -3.08. The van der Waals surface area contributed by atoms with Crippen molar-refractivity contribution in [3.8, 4) is 5.75 Å². The minimum Gasteiger partial charge on any atom is -0.481 e. The maximum atomic E-state index is 12.2. The topological polar surface area (TPSA) is 54.5 Å². The largest absolute Gasteiger partial charge is 0.481 e. The van der Waals surface area contributed by atoms with E-state index in [0.717, 1.165) is 36.2 Å². The quantitative estimate of drug-likeness (QED) is 0.642. The summed E-state index contributed by atoms with van der Waals surface area (Å²) in [5.41, 5.74) is 2.02. The van der Waals surface area contributed by atoms with Gasteiger partial charge in [-0.2, -0.15) is 0 Å². The molecule has 5 heteroatoms. The van der Waals surface area contributed by atoms with Crippen molar-refractivity contribution in [2.24, 2.45) is 5.92 Å². The Morgan fingerprint density at radius 1 is 1.13 bits per heavy atom. The van der Waals surface area contributed by atoms with Gasteiger partial charge in [-0.3, -0.25) is 4.79 Å². The lowest BCUT2D eigenvalue weighted by Gasteiger charge is -2.32. The number of nitrogens with one attached hydrogen (secondary N) is 1. The first kappa shape index (κ1) is 20.2. The number of amides is 1. The summed E-state index contributed by atoms with van der Waals surface area (Å²) in [4.78, 5) is 19.5. The van der Waals surface area contributed by atoms with Gasteiger partial charge in [-0.05, 0) is 48.9 Å². The number of aromatic nitrogens is 1. The third-order valence-corrected chi connectivity index (χ3v) is 5.59. The highest BCUT2D eigenvalue weighted by atomic mass is 16.5. The first-order valence-corrected chi connectivity index (χ1v) is 10.8. The van der Waals surface area contributed by atoms with Gasteiger partial charge in [-0.25, -0.2) is 4.98 Å². The molecule has 1 N–H and O–H groups in total. The Kier molecular flexibility index (Phi) is 6.47. The Labute approximate surface area is 178 Å². The molecule has 4 rings (SSSR count). The molecule has 0 bridgehead atoms. The fourth-order valence-corrected chi connectivity index (χ4v) is 3.98. The van der Waals surface area contributed by atoms with Gasteiger partial charge in [0.15, 0.2) is 6.61 Å². The van der Waals surface area contributed by atoms with Gasteiger partial charge < -0.3 is 15.0 Å². The van der Waals surface area contributed by atoms with Crippen molar-refractivity contribution in [2.75, 3.05) is 31.1 Å². The van der Waals surface area contributed by atoms with Gasteiger partial charge in [0.05, 0.1) is 0 Å². The van der Waals surface area contributed by atoms with Gasteiger partial charge in [0.25, 0.3) is 5.91 Å². The molecule has 156 valence electrons. The number of fused-ring (bicyclic) bond motifs is 1. The minimum atomic E-state index is -0.121. The van der Waals surface area contributed by atoms with E-state index in [1.807, 2.05) is 36.4 Å². The van der Waals surface area contributed by atoms with Crippen LogP contribution in [-0.4, -0.2) is 37.1 Å². The summed E-state index contributed by atoms with van der Waals surface area (Å²) < 4.78 is 5.85. The number of nitrogens with zero attached hydrogens (tertiary/aromatic N) is 2. The first-order chi connectivity index (χ1) is 14.7. The van der Waals surface area contributed by atoms with Crippen molar-refractivity contribution in [3.63, 3.8) is 0 Å². The highest BCUT2D eigenvalue weighted by Crippen LogP contribution is 2.28.